The van der Waals surface area contributed by atoms with Gasteiger partial charge < -0.3 is 5.11 Å². The number of fused-ring (bicyclic) bond motifs is 1. The van der Waals surface area contributed by atoms with Crippen molar-refractivity contribution in [3.8, 4) is 5.69 Å². The lowest BCUT2D eigenvalue weighted by molar-refractivity contribution is 0.0350. The summed E-state index contributed by atoms with van der Waals surface area (Å²) in [4.78, 5) is 1.02. The lowest BCUT2D eigenvalue weighted by Gasteiger charge is -2.25. The predicted molar refractivity (Wildman–Crippen MR) is 122 cm³/mol. The molecular formula is C25H25FN2OS. The molecule has 3 nitrogen and oxygen atoms in total. The minimum absolute atomic E-state index is 0.239. The van der Waals surface area contributed by atoms with E-state index >= 15 is 0 Å². The Morgan fingerprint density at radius 1 is 1.03 bits per heavy atom. The second-order valence-corrected chi connectivity index (χ2v) is 8.89. The van der Waals surface area contributed by atoms with Gasteiger partial charge in [-0.15, -0.1) is 11.8 Å². The highest BCUT2D eigenvalue weighted by Crippen LogP contribution is 2.33. The van der Waals surface area contributed by atoms with Crippen LogP contribution in [0.3, 0.4) is 0 Å². The van der Waals surface area contributed by atoms with Gasteiger partial charge in [0.05, 0.1) is 17.4 Å². The third kappa shape index (κ3) is 4.13. The number of halogens is 1. The first kappa shape index (κ1) is 20.6. The van der Waals surface area contributed by atoms with Crippen molar-refractivity contribution in [3.63, 3.8) is 0 Å². The quantitative estimate of drug-likeness (QED) is 0.367. The summed E-state index contributed by atoms with van der Waals surface area (Å²) in [6, 6.07) is 23.6. The maximum absolute atomic E-state index is 14.0. The second kappa shape index (κ2) is 8.62. The van der Waals surface area contributed by atoms with Gasteiger partial charge in [0.25, 0.3) is 0 Å². The van der Waals surface area contributed by atoms with Gasteiger partial charge in [0, 0.05) is 16.0 Å². The molecular weight excluding hydrogens is 395 g/mol. The van der Waals surface area contributed by atoms with Crippen LogP contribution in [0.5, 0.6) is 0 Å². The van der Waals surface area contributed by atoms with Crippen molar-refractivity contribution >= 4 is 22.7 Å². The molecule has 0 aliphatic carbocycles. The zero-order chi connectivity index (χ0) is 21.1. The van der Waals surface area contributed by atoms with Crippen LogP contribution >= 0.6 is 11.8 Å². The summed E-state index contributed by atoms with van der Waals surface area (Å²) in [7, 11) is 0. The Kier molecular flexibility index (Phi) is 5.93. The fourth-order valence-corrected chi connectivity index (χ4v) is 4.43. The van der Waals surface area contributed by atoms with Crippen LogP contribution in [0.15, 0.2) is 83.9 Å². The first-order valence-electron chi connectivity index (χ1n) is 10.0. The van der Waals surface area contributed by atoms with Crippen LogP contribution in [0.1, 0.15) is 30.9 Å². The van der Waals surface area contributed by atoms with E-state index in [0.717, 1.165) is 21.5 Å². The van der Waals surface area contributed by atoms with Crippen molar-refractivity contribution in [3.05, 3.63) is 90.1 Å². The fourth-order valence-electron chi connectivity index (χ4n) is 3.45. The number of hydrogen-bond acceptors (Lipinski definition) is 3. The Bertz CT molecular complexity index is 1130. The van der Waals surface area contributed by atoms with E-state index in [1.54, 1.807) is 12.3 Å². The van der Waals surface area contributed by atoms with Gasteiger partial charge in [-0.3, -0.25) is 0 Å². The average molecular weight is 421 g/mol. The normalized spacial score (nSPS) is 13.6. The second-order valence-electron chi connectivity index (χ2n) is 7.84. The van der Waals surface area contributed by atoms with E-state index < -0.39 is 12.3 Å². The van der Waals surface area contributed by atoms with Crippen LogP contribution in [0.4, 0.5) is 4.39 Å². The maximum Gasteiger partial charge on any atom is 0.127 e. The first-order valence-corrected chi connectivity index (χ1v) is 11.0. The van der Waals surface area contributed by atoms with E-state index in [1.165, 1.54) is 17.3 Å². The Morgan fingerprint density at radius 2 is 1.77 bits per heavy atom. The van der Waals surface area contributed by atoms with Crippen molar-refractivity contribution < 1.29 is 9.50 Å². The molecule has 1 atom stereocenters. The van der Waals surface area contributed by atoms with Crippen LogP contribution in [0.25, 0.3) is 16.6 Å². The Labute approximate surface area is 180 Å². The summed E-state index contributed by atoms with van der Waals surface area (Å²) < 4.78 is 15.8. The number of rotatable bonds is 7. The zero-order valence-electron chi connectivity index (χ0n) is 17.1. The van der Waals surface area contributed by atoms with Crippen molar-refractivity contribution in [2.45, 2.75) is 30.3 Å². The van der Waals surface area contributed by atoms with Gasteiger partial charge in [-0.1, -0.05) is 50.2 Å². The molecule has 0 radical (unpaired) electrons. The van der Waals surface area contributed by atoms with Crippen molar-refractivity contribution in [1.29, 1.82) is 0 Å². The number of alkyl halides is 1. The highest BCUT2D eigenvalue weighted by Gasteiger charge is 2.30. The summed E-state index contributed by atoms with van der Waals surface area (Å²) in [5.74, 6) is 0.707. The van der Waals surface area contributed by atoms with Crippen LogP contribution in [0.2, 0.25) is 0 Å². The molecule has 0 aliphatic rings. The topological polar surface area (TPSA) is 38.1 Å². The number of thioether (sulfide) groups is 1. The molecule has 0 bridgehead atoms. The molecule has 0 saturated carbocycles. The molecule has 1 N–H and O–H groups in total. The molecule has 0 spiro atoms. The van der Waals surface area contributed by atoms with Gasteiger partial charge in [0.2, 0.25) is 0 Å². The summed E-state index contributed by atoms with van der Waals surface area (Å²) in [6.45, 7) is 3.46. The smallest absolute Gasteiger partial charge is 0.127 e. The van der Waals surface area contributed by atoms with Gasteiger partial charge in [-0.05, 0) is 53.4 Å². The molecule has 4 rings (SSSR count). The van der Waals surface area contributed by atoms with E-state index in [1.807, 2.05) is 59.3 Å². The number of nitrogens with zero attached hydrogens (tertiary/aromatic N) is 2. The SMILES string of the molecule is CC(C)c1ccc(SCC(O)(CF)c2ccc3c(cnn3-c3ccccc3)c2)cc1. The molecule has 1 aromatic heterocycles. The molecule has 30 heavy (non-hydrogen) atoms. The van der Waals surface area contributed by atoms with Crippen molar-refractivity contribution in [1.82, 2.24) is 9.78 Å². The monoisotopic (exact) mass is 420 g/mol. The number of hydrogen-bond donors (Lipinski definition) is 1. The first-order chi connectivity index (χ1) is 14.5. The standard InChI is InChI=1S/C25H25FN2OS/c1-18(2)19-8-11-23(12-9-19)30-17-25(29,16-26)21-10-13-24-20(14-21)15-27-28(24)22-6-4-3-5-7-22/h3-15,18,29H,16-17H2,1-2H3. The Hall–Kier alpha value is -2.63. The lowest BCUT2D eigenvalue weighted by atomic mass is 9.96. The third-order valence-corrected chi connectivity index (χ3v) is 6.58. The van der Waals surface area contributed by atoms with Gasteiger partial charge in [-0.25, -0.2) is 9.07 Å². The van der Waals surface area contributed by atoms with Gasteiger partial charge in [0.1, 0.15) is 12.3 Å². The van der Waals surface area contributed by atoms with E-state index in [-0.39, 0.29) is 5.75 Å². The minimum Gasteiger partial charge on any atom is -0.382 e. The molecule has 0 amide bonds. The van der Waals surface area contributed by atoms with Crippen LogP contribution in [-0.4, -0.2) is 27.3 Å². The maximum atomic E-state index is 14.0. The van der Waals surface area contributed by atoms with Gasteiger partial charge in [-0.2, -0.15) is 5.10 Å². The molecule has 0 aliphatic heterocycles. The third-order valence-electron chi connectivity index (χ3n) is 5.35. The molecule has 5 heteroatoms. The Morgan fingerprint density at radius 3 is 2.43 bits per heavy atom. The summed E-state index contributed by atoms with van der Waals surface area (Å²) >= 11 is 1.46. The van der Waals surface area contributed by atoms with E-state index in [9.17, 15) is 9.50 Å². The fraction of sp³-hybridized carbons (Fsp3) is 0.240. The number of para-hydroxylation sites is 1. The van der Waals surface area contributed by atoms with Crippen LogP contribution in [0, 0.1) is 0 Å². The zero-order valence-corrected chi connectivity index (χ0v) is 17.9. The molecule has 154 valence electrons. The number of benzene rings is 3. The van der Waals surface area contributed by atoms with E-state index in [2.05, 4.69) is 31.1 Å². The Balaban J connectivity index is 1.57. The van der Waals surface area contributed by atoms with Crippen molar-refractivity contribution in [2.24, 2.45) is 0 Å². The van der Waals surface area contributed by atoms with Crippen molar-refractivity contribution in [2.75, 3.05) is 12.4 Å². The minimum atomic E-state index is -1.55. The predicted octanol–water partition coefficient (Wildman–Crippen LogP) is 6.10. The van der Waals surface area contributed by atoms with Crippen LogP contribution < -0.4 is 0 Å². The molecule has 4 aromatic rings. The molecule has 1 heterocycles. The summed E-state index contributed by atoms with van der Waals surface area (Å²) in [5.41, 5.74) is 2.16. The largest absolute Gasteiger partial charge is 0.382 e. The number of aromatic nitrogens is 2. The molecule has 0 fully saturated rings. The summed E-state index contributed by atoms with van der Waals surface area (Å²) in [6.07, 6.45) is 1.75. The highest BCUT2D eigenvalue weighted by molar-refractivity contribution is 7.99. The van der Waals surface area contributed by atoms with Gasteiger partial charge >= 0.3 is 0 Å². The molecule has 1 unspecified atom stereocenters. The van der Waals surface area contributed by atoms with E-state index in [0.29, 0.717) is 11.5 Å². The van der Waals surface area contributed by atoms with E-state index in [4.69, 9.17) is 0 Å². The van der Waals surface area contributed by atoms with Crippen LogP contribution in [-0.2, 0) is 5.60 Å². The molecule has 3 aromatic carbocycles. The highest BCUT2D eigenvalue weighted by atomic mass is 32.2. The summed E-state index contributed by atoms with van der Waals surface area (Å²) in [5, 5.41) is 16.4. The lowest BCUT2D eigenvalue weighted by Crippen LogP contribution is -2.31. The molecule has 0 saturated heterocycles. The number of aliphatic hydroxyl groups is 1. The van der Waals surface area contributed by atoms with Gasteiger partial charge in [0.15, 0.2) is 0 Å². The average Bonchev–Trinajstić information content (AvgIpc) is 3.21.